The van der Waals surface area contributed by atoms with E-state index in [1.54, 1.807) is 0 Å². The summed E-state index contributed by atoms with van der Waals surface area (Å²) in [5.74, 6) is -24.6. The Labute approximate surface area is 325 Å². The second-order valence-corrected chi connectivity index (χ2v) is 15.0. The van der Waals surface area contributed by atoms with Crippen molar-refractivity contribution in [1.82, 2.24) is 9.99 Å². The smallest absolute Gasteiger partial charge is 0.433 e. The number of carbonyl (C=O) groups is 4. The number of aromatic nitrogens is 1. The molecule has 56 heavy (non-hydrogen) atoms. The molecule has 1 aromatic heterocycles. The number of benzene rings is 2. The summed E-state index contributed by atoms with van der Waals surface area (Å²) >= 11 is 20.4. The van der Waals surface area contributed by atoms with Crippen molar-refractivity contribution < 1.29 is 64.1 Å². The number of nitrogens with zero attached hydrogens (tertiary/aromatic N) is 4. The third-order valence-electron chi connectivity index (χ3n) is 10.5. The van der Waals surface area contributed by atoms with Gasteiger partial charge in [0, 0.05) is 18.5 Å². The van der Waals surface area contributed by atoms with E-state index in [-0.39, 0.29) is 39.8 Å². The third kappa shape index (κ3) is 5.42. The Morgan fingerprint density at radius 2 is 1.54 bits per heavy atom. The molecule has 0 radical (unpaired) electrons. The maximum atomic E-state index is 15.3. The molecular weight excluding hydrogens is 831 g/mol. The number of aliphatic hydroxyl groups is 1. The summed E-state index contributed by atoms with van der Waals surface area (Å²) in [7, 11) is 1.06. The molecule has 3 aromatic rings. The summed E-state index contributed by atoms with van der Waals surface area (Å²) in [5.41, 5.74) is -3.30. The number of allylic oxidation sites excluding steroid dienone is 2. The fourth-order valence-corrected chi connectivity index (χ4v) is 9.26. The topological polar surface area (TPSA) is 120 Å². The molecule has 7 rings (SSSR count). The number of amides is 4. The Bertz CT molecular complexity index is 2250. The van der Waals surface area contributed by atoms with Crippen LogP contribution in [-0.4, -0.2) is 68.7 Å². The molecule has 2 aromatic carbocycles. The first-order valence-electron chi connectivity index (χ1n) is 16.4. The highest BCUT2D eigenvalue weighted by Gasteiger charge is 2.77. The van der Waals surface area contributed by atoms with Gasteiger partial charge in [-0.2, -0.15) is 18.2 Å². The highest BCUT2D eigenvalue weighted by Crippen LogP contribution is 2.66. The average Bonchev–Trinajstić information content (AvgIpc) is 3.49. The predicted octanol–water partition coefficient (Wildman–Crippen LogP) is 6.44. The van der Waals surface area contributed by atoms with Crippen LogP contribution in [0.15, 0.2) is 48.0 Å². The quantitative estimate of drug-likeness (QED) is 0.0722. The lowest BCUT2D eigenvalue weighted by molar-refractivity contribution is -0.141. The predicted molar refractivity (Wildman–Crippen MR) is 180 cm³/mol. The summed E-state index contributed by atoms with van der Waals surface area (Å²) in [5, 5.41) is 10.4. The van der Waals surface area contributed by atoms with Crippen molar-refractivity contribution in [2.24, 2.45) is 17.8 Å². The molecule has 4 amide bonds. The first-order chi connectivity index (χ1) is 26.2. The van der Waals surface area contributed by atoms with Crippen LogP contribution in [0, 0.1) is 46.8 Å². The summed E-state index contributed by atoms with van der Waals surface area (Å²) in [6.07, 6.45) is -4.63. The fraction of sp³-hybridized carbons (Fsp3) is 0.343. The molecule has 2 saturated heterocycles. The van der Waals surface area contributed by atoms with Gasteiger partial charge in [-0.25, -0.2) is 31.8 Å². The van der Waals surface area contributed by atoms with Gasteiger partial charge >= 0.3 is 6.18 Å². The molecule has 2 aliphatic carbocycles. The number of para-hydroxylation sites is 1. The number of hydrazine groups is 1. The Morgan fingerprint density at radius 3 is 2.16 bits per heavy atom. The molecule has 1 saturated carbocycles. The summed E-state index contributed by atoms with van der Waals surface area (Å²) in [6.45, 7) is -0.849. The molecule has 3 fully saturated rings. The van der Waals surface area contributed by atoms with Crippen LogP contribution in [0.1, 0.15) is 30.0 Å². The van der Waals surface area contributed by atoms with Crippen LogP contribution in [0.5, 0.6) is 5.75 Å². The van der Waals surface area contributed by atoms with E-state index < -0.39 is 123 Å². The van der Waals surface area contributed by atoms with E-state index in [4.69, 9.17) is 39.5 Å². The maximum Gasteiger partial charge on any atom is 0.433 e. The number of carbonyl (C=O) groups excluding carboxylic acids is 4. The van der Waals surface area contributed by atoms with Gasteiger partial charge in [0.25, 0.3) is 23.6 Å². The molecule has 0 spiro atoms. The van der Waals surface area contributed by atoms with E-state index in [0.29, 0.717) is 11.1 Å². The Kier molecular flexibility index (Phi) is 9.61. The number of anilines is 2. The average molecular weight is 854 g/mol. The van der Waals surface area contributed by atoms with Crippen LogP contribution in [0.2, 0.25) is 5.02 Å². The zero-order valence-electron chi connectivity index (χ0n) is 28.1. The van der Waals surface area contributed by atoms with Crippen molar-refractivity contribution in [3.05, 3.63) is 93.4 Å². The lowest BCUT2D eigenvalue weighted by Crippen LogP contribution is -2.60. The van der Waals surface area contributed by atoms with Crippen molar-refractivity contribution in [3.63, 3.8) is 0 Å². The van der Waals surface area contributed by atoms with Crippen LogP contribution in [0.25, 0.3) is 0 Å². The van der Waals surface area contributed by atoms with Gasteiger partial charge in [-0.05, 0) is 37.0 Å². The highest BCUT2D eigenvalue weighted by molar-refractivity contribution is 6.58. The molecule has 2 aliphatic heterocycles. The van der Waals surface area contributed by atoms with Crippen LogP contribution >= 0.6 is 34.8 Å². The van der Waals surface area contributed by atoms with E-state index in [0.717, 1.165) is 18.1 Å². The molecular formula is C35H23Cl3F8N4O6. The Balaban J connectivity index is 1.40. The van der Waals surface area contributed by atoms with E-state index in [2.05, 4.69) is 4.98 Å². The van der Waals surface area contributed by atoms with Gasteiger partial charge in [-0.3, -0.25) is 24.2 Å². The standard InChI is InChI=1S/C35H23Cl3F8N4O6/c1-48(28-17(36)8-9-19(47-28)35(44,45)46)50-29(52)15-7-6-13-16(20(15)30(50)53)12-33(37)31(54)49(27-25(42)23(40)22(39)24(41)26(27)43)32(55)34(33,38)21(13)14-4-2-3-5-18(14)56-11-10-51/h2-6,8-9,15-16,20-21,51H,7,10-12H2,1H3/t15-,16+,20-,21+,33+,34-/m0/s1. The fourth-order valence-electron chi connectivity index (χ4n) is 8.11. The summed E-state index contributed by atoms with van der Waals surface area (Å²) in [4.78, 5) is 54.8. The van der Waals surface area contributed by atoms with Crippen LogP contribution in [0.4, 0.5) is 46.6 Å². The second kappa shape index (κ2) is 13.6. The van der Waals surface area contributed by atoms with Gasteiger partial charge in [-0.15, -0.1) is 23.2 Å². The number of rotatable bonds is 7. The minimum Gasteiger partial charge on any atom is -0.491 e. The lowest BCUT2D eigenvalue weighted by Gasteiger charge is -2.50. The molecule has 6 atom stereocenters. The number of fused-ring (bicyclic) bond motifs is 4. The van der Waals surface area contributed by atoms with Gasteiger partial charge in [0.15, 0.2) is 38.8 Å². The van der Waals surface area contributed by atoms with Gasteiger partial charge in [-0.1, -0.05) is 41.4 Å². The van der Waals surface area contributed by atoms with Crippen LogP contribution in [-0.2, 0) is 25.4 Å². The van der Waals surface area contributed by atoms with Gasteiger partial charge in [0.1, 0.15) is 23.7 Å². The Morgan fingerprint density at radius 1 is 0.911 bits per heavy atom. The van der Waals surface area contributed by atoms with Crippen LogP contribution < -0.4 is 14.6 Å². The maximum absolute atomic E-state index is 15.3. The van der Waals surface area contributed by atoms with E-state index in [1.807, 2.05) is 0 Å². The Hall–Kier alpha value is -4.52. The van der Waals surface area contributed by atoms with Gasteiger partial charge in [0.2, 0.25) is 5.82 Å². The van der Waals surface area contributed by atoms with Gasteiger partial charge < -0.3 is 9.84 Å². The number of hydrogen-bond acceptors (Lipinski definition) is 8. The molecule has 21 heteroatoms. The van der Waals surface area contributed by atoms with E-state index >= 15 is 8.78 Å². The summed E-state index contributed by atoms with van der Waals surface area (Å²) in [6, 6.07) is 7.08. The molecule has 0 unspecified atom stereocenters. The number of aliphatic hydroxyl groups excluding tert-OH is 1. The molecule has 1 N–H and O–H groups in total. The van der Waals surface area contributed by atoms with Crippen molar-refractivity contribution in [2.75, 3.05) is 30.2 Å². The lowest BCUT2D eigenvalue weighted by atomic mass is 9.56. The van der Waals surface area contributed by atoms with Crippen molar-refractivity contribution in [3.8, 4) is 5.75 Å². The highest BCUT2D eigenvalue weighted by atomic mass is 35.5. The van der Waals surface area contributed by atoms with Crippen molar-refractivity contribution in [2.45, 2.75) is 34.7 Å². The van der Waals surface area contributed by atoms with Crippen molar-refractivity contribution >= 4 is 69.9 Å². The minimum atomic E-state index is -4.94. The first-order valence-corrected chi connectivity index (χ1v) is 17.5. The van der Waals surface area contributed by atoms with Crippen molar-refractivity contribution in [1.29, 1.82) is 0 Å². The third-order valence-corrected chi connectivity index (χ3v) is 12.2. The van der Waals surface area contributed by atoms with Crippen LogP contribution in [0.3, 0.4) is 0 Å². The zero-order chi connectivity index (χ0) is 41.0. The first kappa shape index (κ1) is 39.7. The molecule has 10 nitrogen and oxygen atoms in total. The number of pyridine rings is 1. The SMILES string of the molecule is CN(c1nc(C(F)(F)F)ccc1Cl)N1C(=O)[C@H]2[C@H](CC=C3[C@H]2C[C@@]2(Cl)C(=O)N(c4c(F)c(F)c(F)c(F)c4F)C(=O)[C@@]2(Cl)[C@H]3c2ccccc2OCCO)C1=O. The zero-order valence-corrected chi connectivity index (χ0v) is 30.4. The molecule has 4 aliphatic rings. The molecule has 0 bridgehead atoms. The largest absolute Gasteiger partial charge is 0.491 e. The molecule has 3 heterocycles. The number of hydrogen-bond donors (Lipinski definition) is 1. The monoisotopic (exact) mass is 852 g/mol. The summed E-state index contributed by atoms with van der Waals surface area (Å²) < 4.78 is 120. The number of halogens is 11. The normalized spacial score (nSPS) is 27.3. The van der Waals surface area contributed by atoms with E-state index in [9.17, 15) is 50.6 Å². The second-order valence-electron chi connectivity index (χ2n) is 13.3. The minimum absolute atomic E-state index is 0.0264. The molecule has 296 valence electrons. The van der Waals surface area contributed by atoms with Gasteiger partial charge in [0.05, 0.1) is 23.5 Å². The number of alkyl halides is 5. The number of imide groups is 2. The number of ether oxygens (including phenoxy) is 1. The van der Waals surface area contributed by atoms with E-state index in [1.165, 1.54) is 30.3 Å².